The van der Waals surface area contributed by atoms with Crippen LogP contribution < -0.4 is 11.5 Å². The molecule has 0 saturated heterocycles. The molecular weight excluding hydrogens is 306 g/mol. The maximum Gasteiger partial charge on any atom is 0.0978 e. The van der Waals surface area contributed by atoms with Crippen molar-refractivity contribution in [1.29, 1.82) is 0 Å². The number of rotatable bonds is 4. The van der Waals surface area contributed by atoms with Gasteiger partial charge in [0.05, 0.1) is 16.1 Å². The molecule has 4 rings (SSSR count). The molecule has 0 aliphatic heterocycles. The second-order valence-electron chi connectivity index (χ2n) is 7.18. The van der Waals surface area contributed by atoms with E-state index in [2.05, 4.69) is 5.10 Å². The van der Waals surface area contributed by atoms with Crippen LogP contribution in [-0.2, 0) is 13.5 Å². The summed E-state index contributed by atoms with van der Waals surface area (Å²) in [5.74, 6) is 1.15. The molecule has 4 N–H and O–H groups in total. The molecule has 0 radical (unpaired) electrons. The van der Waals surface area contributed by atoms with Crippen LogP contribution in [0.4, 0.5) is 0 Å². The lowest BCUT2D eigenvalue weighted by Crippen LogP contribution is -2.39. The summed E-state index contributed by atoms with van der Waals surface area (Å²) in [5, 5.41) is 5.62. The lowest BCUT2D eigenvalue weighted by Gasteiger charge is -2.30. The predicted octanol–water partition coefficient (Wildman–Crippen LogP) is 2.42. The smallest absolute Gasteiger partial charge is 0.0978 e. The molecule has 5 nitrogen and oxygen atoms in total. The van der Waals surface area contributed by atoms with Crippen molar-refractivity contribution >= 4 is 11.3 Å². The van der Waals surface area contributed by atoms with Crippen LogP contribution in [0.2, 0.25) is 0 Å². The summed E-state index contributed by atoms with van der Waals surface area (Å²) in [6, 6.07) is 0.449. The molecule has 3 unspecified atom stereocenters. The molecule has 0 aromatic carbocycles. The van der Waals surface area contributed by atoms with E-state index in [0.29, 0.717) is 5.92 Å². The molecule has 0 spiro atoms. The van der Waals surface area contributed by atoms with E-state index in [1.165, 1.54) is 29.0 Å². The fourth-order valence-electron chi connectivity index (χ4n) is 3.60. The second-order valence-corrected chi connectivity index (χ2v) is 8.24. The van der Waals surface area contributed by atoms with Crippen molar-refractivity contribution in [1.82, 2.24) is 14.8 Å². The number of thiazole rings is 1. The lowest BCUT2D eigenvalue weighted by molar-refractivity contribution is 0.346. The Kier molecular flexibility index (Phi) is 3.99. The van der Waals surface area contributed by atoms with E-state index in [1.54, 1.807) is 11.3 Å². The molecule has 2 heterocycles. The first kappa shape index (κ1) is 15.3. The highest BCUT2D eigenvalue weighted by Gasteiger charge is 2.30. The van der Waals surface area contributed by atoms with Crippen molar-refractivity contribution in [2.24, 2.45) is 24.4 Å². The Morgan fingerprint density at radius 1 is 1.22 bits per heavy atom. The van der Waals surface area contributed by atoms with E-state index >= 15 is 0 Å². The van der Waals surface area contributed by atoms with Gasteiger partial charge in [-0.05, 0) is 44.4 Å². The molecule has 2 aromatic rings. The van der Waals surface area contributed by atoms with Crippen LogP contribution in [0.25, 0.3) is 10.4 Å². The van der Waals surface area contributed by atoms with Crippen LogP contribution in [0.5, 0.6) is 0 Å². The van der Waals surface area contributed by atoms with Crippen LogP contribution in [-0.4, -0.2) is 26.8 Å². The minimum atomic E-state index is 0.189. The molecule has 2 fully saturated rings. The molecule has 3 atom stereocenters. The molecular formula is C17H25N5S. The molecule has 2 saturated carbocycles. The number of hydrogen-bond donors (Lipinski definition) is 2. The summed E-state index contributed by atoms with van der Waals surface area (Å²) in [6.07, 6.45) is 10.8. The summed E-state index contributed by atoms with van der Waals surface area (Å²) in [5.41, 5.74) is 15.1. The van der Waals surface area contributed by atoms with Gasteiger partial charge in [0.2, 0.25) is 0 Å². The monoisotopic (exact) mass is 331 g/mol. The van der Waals surface area contributed by atoms with Gasteiger partial charge < -0.3 is 11.5 Å². The summed E-state index contributed by atoms with van der Waals surface area (Å²) in [4.78, 5) is 5.91. The van der Waals surface area contributed by atoms with Crippen molar-refractivity contribution in [3.8, 4) is 10.4 Å². The normalized spacial score (nSPS) is 28.2. The SMILES string of the molecule is Cn1ncc(-c2cnc(C3CC(N)CCC3N)s2)c1CC1CC1. The number of nitrogens with zero attached hydrogens (tertiary/aromatic N) is 3. The van der Waals surface area contributed by atoms with E-state index in [9.17, 15) is 0 Å². The van der Waals surface area contributed by atoms with Crippen LogP contribution in [0.1, 0.15) is 48.7 Å². The molecule has 6 heteroatoms. The van der Waals surface area contributed by atoms with Gasteiger partial charge in [0.25, 0.3) is 0 Å². The topological polar surface area (TPSA) is 82.8 Å². The molecule has 2 aliphatic carbocycles. The Morgan fingerprint density at radius 2 is 2.04 bits per heavy atom. The van der Waals surface area contributed by atoms with Crippen LogP contribution in [0, 0.1) is 5.92 Å². The molecule has 2 aromatic heterocycles. The first-order valence-corrected chi connectivity index (χ1v) is 9.41. The van der Waals surface area contributed by atoms with Gasteiger partial charge >= 0.3 is 0 Å². The lowest BCUT2D eigenvalue weighted by atomic mass is 9.83. The summed E-state index contributed by atoms with van der Waals surface area (Å²) < 4.78 is 2.02. The Hall–Kier alpha value is -1.24. The quantitative estimate of drug-likeness (QED) is 0.901. The molecule has 0 amide bonds. The zero-order valence-electron chi connectivity index (χ0n) is 13.6. The Bertz CT molecular complexity index is 687. The summed E-state index contributed by atoms with van der Waals surface area (Å²) in [6.45, 7) is 0. The third-order valence-electron chi connectivity index (χ3n) is 5.29. The minimum Gasteiger partial charge on any atom is -0.328 e. The van der Waals surface area contributed by atoms with Crippen molar-refractivity contribution in [2.75, 3.05) is 0 Å². The Labute approximate surface area is 141 Å². The molecule has 23 heavy (non-hydrogen) atoms. The van der Waals surface area contributed by atoms with Gasteiger partial charge in [-0.25, -0.2) is 4.98 Å². The number of aromatic nitrogens is 3. The van der Waals surface area contributed by atoms with Crippen molar-refractivity contribution < 1.29 is 0 Å². The third-order valence-corrected chi connectivity index (χ3v) is 6.45. The number of aryl methyl sites for hydroxylation is 1. The van der Waals surface area contributed by atoms with E-state index < -0.39 is 0 Å². The van der Waals surface area contributed by atoms with E-state index in [1.807, 2.05) is 24.1 Å². The summed E-state index contributed by atoms with van der Waals surface area (Å²) >= 11 is 1.77. The molecule has 124 valence electrons. The maximum absolute atomic E-state index is 6.32. The van der Waals surface area contributed by atoms with Gasteiger partial charge in [-0.2, -0.15) is 5.10 Å². The standard InChI is InChI=1S/C17H25N5S/c1-22-15(6-10-2-3-10)13(8-21-22)16-9-20-17(23-16)12-7-11(18)4-5-14(12)19/h8-12,14H,2-7,18-19H2,1H3. The van der Waals surface area contributed by atoms with E-state index in [-0.39, 0.29) is 12.1 Å². The molecule has 0 bridgehead atoms. The fourth-order valence-corrected chi connectivity index (χ4v) is 4.74. The van der Waals surface area contributed by atoms with Crippen molar-refractivity contribution in [3.63, 3.8) is 0 Å². The van der Waals surface area contributed by atoms with Gasteiger partial charge in [0, 0.05) is 42.5 Å². The average molecular weight is 331 g/mol. The first-order chi connectivity index (χ1) is 11.1. The van der Waals surface area contributed by atoms with Gasteiger partial charge in [0.15, 0.2) is 0 Å². The molecule has 2 aliphatic rings. The van der Waals surface area contributed by atoms with Crippen LogP contribution in [0.15, 0.2) is 12.4 Å². The third kappa shape index (κ3) is 3.07. The van der Waals surface area contributed by atoms with Crippen molar-refractivity contribution in [2.45, 2.75) is 56.5 Å². The van der Waals surface area contributed by atoms with Gasteiger partial charge in [-0.3, -0.25) is 4.68 Å². The Balaban J connectivity index is 1.60. The van der Waals surface area contributed by atoms with Crippen LogP contribution in [0.3, 0.4) is 0 Å². The largest absolute Gasteiger partial charge is 0.328 e. The summed E-state index contributed by atoms with van der Waals surface area (Å²) in [7, 11) is 2.04. The van der Waals surface area contributed by atoms with E-state index in [0.717, 1.165) is 36.6 Å². The van der Waals surface area contributed by atoms with E-state index in [4.69, 9.17) is 16.5 Å². The minimum absolute atomic E-state index is 0.189. The van der Waals surface area contributed by atoms with Gasteiger partial charge in [0.1, 0.15) is 0 Å². The Morgan fingerprint density at radius 3 is 2.83 bits per heavy atom. The number of nitrogens with two attached hydrogens (primary N) is 2. The van der Waals surface area contributed by atoms with Crippen LogP contribution >= 0.6 is 11.3 Å². The predicted molar refractivity (Wildman–Crippen MR) is 93.3 cm³/mol. The average Bonchev–Trinajstić information content (AvgIpc) is 3.09. The van der Waals surface area contributed by atoms with Crippen molar-refractivity contribution in [3.05, 3.63) is 23.1 Å². The highest BCUT2D eigenvalue weighted by Crippen LogP contribution is 2.39. The second kappa shape index (κ2) is 6.00. The number of hydrogen-bond acceptors (Lipinski definition) is 5. The van der Waals surface area contributed by atoms with Gasteiger partial charge in [-0.1, -0.05) is 0 Å². The first-order valence-electron chi connectivity index (χ1n) is 8.60. The fraction of sp³-hybridized carbons (Fsp3) is 0.647. The maximum atomic E-state index is 6.32. The zero-order valence-corrected chi connectivity index (χ0v) is 14.4. The highest BCUT2D eigenvalue weighted by molar-refractivity contribution is 7.15. The highest BCUT2D eigenvalue weighted by atomic mass is 32.1. The zero-order chi connectivity index (χ0) is 16.0. The van der Waals surface area contributed by atoms with Gasteiger partial charge in [-0.15, -0.1) is 11.3 Å².